The normalized spacial score (nSPS) is 16.8. The molecular formula is C12H22NO8-. The van der Waals surface area contributed by atoms with E-state index in [4.69, 9.17) is 10.2 Å². The van der Waals surface area contributed by atoms with Gasteiger partial charge < -0.3 is 40.8 Å². The second-order valence-corrected chi connectivity index (χ2v) is 4.65. The molecule has 0 saturated carbocycles. The fourth-order valence-electron chi connectivity index (χ4n) is 1.56. The topological polar surface area (TPSA) is 170 Å². The Morgan fingerprint density at radius 3 is 2.14 bits per heavy atom. The molecule has 9 heteroatoms. The summed E-state index contributed by atoms with van der Waals surface area (Å²) in [5, 5.41) is 58.4. The Kier molecular flexibility index (Phi) is 9.84. The molecule has 9 nitrogen and oxygen atoms in total. The lowest BCUT2D eigenvalue weighted by Crippen LogP contribution is -2.51. The molecule has 124 valence electrons. The van der Waals surface area contributed by atoms with Gasteiger partial charge in [0.2, 0.25) is 0 Å². The van der Waals surface area contributed by atoms with Crippen molar-refractivity contribution in [1.82, 2.24) is 5.32 Å². The maximum absolute atomic E-state index is 11.5. The van der Waals surface area contributed by atoms with E-state index in [1.54, 1.807) is 0 Å². The highest BCUT2D eigenvalue weighted by molar-refractivity contribution is 5.81. The number of carbonyl (C=O) groups excluding carboxylic acids is 2. The SMILES string of the molecule is O=C([O-])CCCCCNC(=O)[C@@H](O)[C@H](O)[C@H](O)[C@H](O)CO. The number of amides is 1. The highest BCUT2D eigenvalue weighted by Gasteiger charge is 2.33. The molecule has 0 aliphatic carbocycles. The van der Waals surface area contributed by atoms with Gasteiger partial charge in [-0.05, 0) is 19.3 Å². The molecule has 0 rings (SSSR count). The summed E-state index contributed by atoms with van der Waals surface area (Å²) in [6, 6.07) is 0. The zero-order valence-corrected chi connectivity index (χ0v) is 11.5. The standard InChI is InChI=1S/C12H23NO8/c14-6-7(15)9(18)10(19)11(20)12(21)13-5-3-1-2-4-8(16)17/h7,9-11,14-15,18-20H,1-6H2,(H,13,21)(H,16,17)/p-1/t7-,9-,10-,11+/m1/s1. The molecule has 0 bridgehead atoms. The lowest BCUT2D eigenvalue weighted by atomic mass is 10.0. The highest BCUT2D eigenvalue weighted by atomic mass is 16.4. The Hall–Kier alpha value is -1.26. The lowest BCUT2D eigenvalue weighted by Gasteiger charge is -2.24. The van der Waals surface area contributed by atoms with E-state index in [1.807, 2.05) is 0 Å². The number of nitrogens with one attached hydrogen (secondary N) is 1. The number of aliphatic hydroxyl groups is 5. The van der Waals surface area contributed by atoms with E-state index in [0.717, 1.165) is 0 Å². The van der Waals surface area contributed by atoms with Crippen LogP contribution >= 0.6 is 0 Å². The molecule has 0 aliphatic heterocycles. The third-order valence-electron chi connectivity index (χ3n) is 2.88. The number of carboxylic acid groups (broad SMARTS) is 1. The first-order chi connectivity index (χ1) is 9.81. The predicted octanol–water partition coefficient (Wildman–Crippen LogP) is -4.15. The van der Waals surface area contributed by atoms with Crippen LogP contribution in [-0.2, 0) is 9.59 Å². The van der Waals surface area contributed by atoms with Crippen molar-refractivity contribution in [2.75, 3.05) is 13.2 Å². The second kappa shape index (κ2) is 10.5. The highest BCUT2D eigenvalue weighted by Crippen LogP contribution is 2.05. The van der Waals surface area contributed by atoms with Crippen molar-refractivity contribution >= 4 is 11.9 Å². The van der Waals surface area contributed by atoms with Crippen molar-refractivity contribution in [3.63, 3.8) is 0 Å². The van der Waals surface area contributed by atoms with Crippen LogP contribution in [0.25, 0.3) is 0 Å². The molecule has 0 spiro atoms. The first kappa shape index (κ1) is 19.7. The van der Waals surface area contributed by atoms with E-state index < -0.39 is 42.9 Å². The van der Waals surface area contributed by atoms with Gasteiger partial charge in [0.25, 0.3) is 5.91 Å². The molecule has 0 aromatic carbocycles. The molecule has 0 aliphatic rings. The second-order valence-electron chi connectivity index (χ2n) is 4.65. The Balaban J connectivity index is 3.96. The molecule has 6 N–H and O–H groups in total. The third kappa shape index (κ3) is 7.93. The molecule has 1 amide bonds. The van der Waals surface area contributed by atoms with E-state index in [2.05, 4.69) is 5.32 Å². The van der Waals surface area contributed by atoms with Crippen LogP contribution in [0.3, 0.4) is 0 Å². The van der Waals surface area contributed by atoms with Gasteiger partial charge in [0.05, 0.1) is 6.61 Å². The average Bonchev–Trinajstić information content (AvgIpc) is 2.46. The number of aliphatic hydroxyl groups excluding tert-OH is 5. The van der Waals surface area contributed by atoms with E-state index in [1.165, 1.54) is 0 Å². The number of carbonyl (C=O) groups is 2. The Bertz CT molecular complexity index is 324. The van der Waals surface area contributed by atoms with E-state index in [9.17, 15) is 30.0 Å². The summed E-state index contributed by atoms with van der Waals surface area (Å²) in [4.78, 5) is 21.6. The average molecular weight is 308 g/mol. The monoisotopic (exact) mass is 308 g/mol. The van der Waals surface area contributed by atoms with Gasteiger partial charge in [0.15, 0.2) is 6.10 Å². The minimum absolute atomic E-state index is 0.0689. The van der Waals surface area contributed by atoms with Crippen molar-refractivity contribution in [2.45, 2.75) is 50.1 Å². The van der Waals surface area contributed by atoms with Gasteiger partial charge in [-0.15, -0.1) is 0 Å². The predicted molar refractivity (Wildman–Crippen MR) is 67.6 cm³/mol. The maximum atomic E-state index is 11.5. The minimum atomic E-state index is -1.95. The number of unbranched alkanes of at least 4 members (excludes halogenated alkanes) is 2. The first-order valence-electron chi connectivity index (χ1n) is 6.62. The molecule has 4 atom stereocenters. The van der Waals surface area contributed by atoms with E-state index in [0.29, 0.717) is 19.3 Å². The lowest BCUT2D eigenvalue weighted by molar-refractivity contribution is -0.305. The van der Waals surface area contributed by atoms with Crippen LogP contribution in [0, 0.1) is 0 Å². The summed E-state index contributed by atoms with van der Waals surface area (Å²) in [6.07, 6.45) is -6.08. The smallest absolute Gasteiger partial charge is 0.251 e. The number of carboxylic acids is 1. The van der Waals surface area contributed by atoms with Crippen molar-refractivity contribution in [3.8, 4) is 0 Å². The summed E-state index contributed by atoms with van der Waals surface area (Å²) in [6.45, 7) is -0.667. The van der Waals surface area contributed by atoms with Gasteiger partial charge in [-0.2, -0.15) is 0 Å². The summed E-state index contributed by atoms with van der Waals surface area (Å²) in [5.41, 5.74) is 0. The van der Waals surface area contributed by atoms with Gasteiger partial charge in [0.1, 0.15) is 18.3 Å². The first-order valence-corrected chi connectivity index (χ1v) is 6.62. The Labute approximate surface area is 121 Å². The van der Waals surface area contributed by atoms with Crippen LogP contribution in [0.4, 0.5) is 0 Å². The van der Waals surface area contributed by atoms with Crippen LogP contribution < -0.4 is 10.4 Å². The van der Waals surface area contributed by atoms with Crippen LogP contribution in [0.1, 0.15) is 25.7 Å². The molecule has 0 radical (unpaired) electrons. The fourth-order valence-corrected chi connectivity index (χ4v) is 1.56. The van der Waals surface area contributed by atoms with Gasteiger partial charge >= 0.3 is 0 Å². The number of aliphatic carboxylic acids is 1. The van der Waals surface area contributed by atoms with Gasteiger partial charge in [-0.1, -0.05) is 6.42 Å². The van der Waals surface area contributed by atoms with Crippen LogP contribution in [0.2, 0.25) is 0 Å². The minimum Gasteiger partial charge on any atom is -0.550 e. The Morgan fingerprint density at radius 2 is 1.62 bits per heavy atom. The molecular weight excluding hydrogens is 286 g/mol. The quantitative estimate of drug-likeness (QED) is 0.209. The van der Waals surface area contributed by atoms with Crippen LogP contribution in [-0.4, -0.2) is 75.0 Å². The zero-order chi connectivity index (χ0) is 16.4. The number of hydrogen-bond acceptors (Lipinski definition) is 8. The zero-order valence-electron chi connectivity index (χ0n) is 11.5. The van der Waals surface area contributed by atoms with Crippen molar-refractivity contribution in [3.05, 3.63) is 0 Å². The van der Waals surface area contributed by atoms with Gasteiger partial charge in [0, 0.05) is 12.5 Å². The van der Waals surface area contributed by atoms with E-state index in [-0.39, 0.29) is 13.0 Å². The molecule has 0 aromatic heterocycles. The van der Waals surface area contributed by atoms with Gasteiger partial charge in [-0.3, -0.25) is 4.79 Å². The molecule has 0 aromatic rings. The maximum Gasteiger partial charge on any atom is 0.251 e. The van der Waals surface area contributed by atoms with E-state index >= 15 is 0 Å². The summed E-state index contributed by atoms with van der Waals surface area (Å²) in [5.74, 6) is -2.08. The summed E-state index contributed by atoms with van der Waals surface area (Å²) < 4.78 is 0. The van der Waals surface area contributed by atoms with Crippen LogP contribution in [0.15, 0.2) is 0 Å². The largest absolute Gasteiger partial charge is 0.550 e. The summed E-state index contributed by atoms with van der Waals surface area (Å²) in [7, 11) is 0. The third-order valence-corrected chi connectivity index (χ3v) is 2.88. The van der Waals surface area contributed by atoms with Crippen molar-refractivity contribution in [2.24, 2.45) is 0 Å². The summed E-state index contributed by atoms with van der Waals surface area (Å²) >= 11 is 0. The molecule has 0 heterocycles. The fraction of sp³-hybridized carbons (Fsp3) is 0.833. The van der Waals surface area contributed by atoms with Crippen molar-refractivity contribution < 1.29 is 40.2 Å². The molecule has 0 unspecified atom stereocenters. The Morgan fingerprint density at radius 1 is 1.00 bits per heavy atom. The van der Waals surface area contributed by atoms with Gasteiger partial charge in [-0.25, -0.2) is 0 Å². The molecule has 0 fully saturated rings. The number of rotatable bonds is 11. The number of hydrogen-bond donors (Lipinski definition) is 6. The molecule has 21 heavy (non-hydrogen) atoms. The van der Waals surface area contributed by atoms with Crippen molar-refractivity contribution in [1.29, 1.82) is 0 Å². The molecule has 0 saturated heterocycles. The van der Waals surface area contributed by atoms with Crippen LogP contribution in [0.5, 0.6) is 0 Å².